The molecule has 1 N–H and O–H groups in total. The molecule has 11 heteroatoms. The van der Waals surface area contributed by atoms with Crippen molar-refractivity contribution in [3.8, 4) is 5.75 Å². The number of pyridine rings is 1. The summed E-state index contributed by atoms with van der Waals surface area (Å²) in [4.78, 5) is 30.6. The van der Waals surface area contributed by atoms with E-state index in [4.69, 9.17) is 27.9 Å². The number of carbonyl (C=O) groups excluding carboxylic acids is 1. The second-order valence-electron chi connectivity index (χ2n) is 9.27. The Morgan fingerprint density at radius 2 is 1.86 bits per heavy atom. The summed E-state index contributed by atoms with van der Waals surface area (Å²) in [6.45, 7) is 2.85. The number of methoxy groups -OCH3 is 1. The smallest absolute Gasteiger partial charge is 0.276 e. The minimum atomic E-state index is -0.719. The number of nitrogens with one attached hydrogen (secondary N) is 1. The molecule has 0 spiro atoms. The van der Waals surface area contributed by atoms with Crippen LogP contribution in [0.4, 0.5) is 10.1 Å². The number of piperazine rings is 1. The van der Waals surface area contributed by atoms with Gasteiger partial charge < -0.3 is 19.1 Å². The number of rotatable bonds is 6. The Morgan fingerprint density at radius 1 is 1.19 bits per heavy atom. The van der Waals surface area contributed by atoms with E-state index in [9.17, 15) is 9.59 Å². The summed E-state index contributed by atoms with van der Waals surface area (Å²) >= 11 is 12.3. The topological polar surface area (TPSA) is 79.2 Å². The predicted molar refractivity (Wildman–Crippen MR) is 144 cm³/mol. The number of hydrazone groups is 1. The Kier molecular flexibility index (Phi) is 7.11. The fraction of sp³-hybridized carbons (Fsp3) is 0.346. The van der Waals surface area contributed by atoms with Crippen LogP contribution >= 0.6 is 23.2 Å². The van der Waals surface area contributed by atoms with Crippen LogP contribution in [0, 0.1) is 5.82 Å². The molecule has 1 saturated heterocycles. The van der Waals surface area contributed by atoms with E-state index in [0.717, 1.165) is 25.9 Å². The molecule has 1 aromatic heterocycles. The molecule has 37 heavy (non-hydrogen) atoms. The molecule has 1 amide bonds. The van der Waals surface area contributed by atoms with Crippen LogP contribution in [-0.2, 0) is 0 Å². The molecule has 0 bridgehead atoms. The van der Waals surface area contributed by atoms with E-state index >= 15 is 4.39 Å². The average molecular weight is 546 g/mol. The zero-order chi connectivity index (χ0) is 26.3. The molecule has 2 aromatic carbocycles. The third-order valence-electron chi connectivity index (χ3n) is 6.77. The molecule has 0 atom stereocenters. The SMILES string of the molecule is COc1c(N2CCN(C)CC2)c(F)cc2c(=O)c(C(=O)N/N=C\c3c(Cl)cccc3Cl)cn(C3CC3)c12. The van der Waals surface area contributed by atoms with Crippen molar-refractivity contribution in [1.29, 1.82) is 0 Å². The zero-order valence-electron chi connectivity index (χ0n) is 20.4. The normalized spacial score (nSPS) is 16.5. The summed E-state index contributed by atoms with van der Waals surface area (Å²) in [5, 5.41) is 4.75. The van der Waals surface area contributed by atoms with Gasteiger partial charge in [-0.3, -0.25) is 9.59 Å². The number of hydrogen-bond donors (Lipinski definition) is 1. The molecule has 2 heterocycles. The summed E-state index contributed by atoms with van der Waals surface area (Å²) in [5.41, 5.74) is 2.89. The van der Waals surface area contributed by atoms with Crippen LogP contribution in [0.1, 0.15) is 34.8 Å². The van der Waals surface area contributed by atoms with Crippen molar-refractivity contribution in [2.45, 2.75) is 18.9 Å². The van der Waals surface area contributed by atoms with Crippen molar-refractivity contribution in [2.75, 3.05) is 45.2 Å². The molecule has 8 nitrogen and oxygen atoms in total. The lowest BCUT2D eigenvalue weighted by Gasteiger charge is -2.35. The van der Waals surface area contributed by atoms with Crippen LogP contribution in [0.25, 0.3) is 10.9 Å². The van der Waals surface area contributed by atoms with Crippen molar-refractivity contribution in [2.24, 2.45) is 5.10 Å². The monoisotopic (exact) mass is 545 g/mol. The van der Waals surface area contributed by atoms with Gasteiger partial charge in [0.15, 0.2) is 11.6 Å². The van der Waals surface area contributed by atoms with E-state index in [1.807, 2.05) is 16.5 Å². The van der Waals surface area contributed by atoms with E-state index in [2.05, 4.69) is 15.4 Å². The number of fused-ring (bicyclic) bond motifs is 1. The van der Waals surface area contributed by atoms with Crippen LogP contribution in [-0.4, -0.2) is 61.9 Å². The van der Waals surface area contributed by atoms with Crippen molar-refractivity contribution in [3.05, 3.63) is 67.7 Å². The summed E-state index contributed by atoms with van der Waals surface area (Å²) in [5.74, 6) is -0.970. The van der Waals surface area contributed by atoms with Gasteiger partial charge in [-0.2, -0.15) is 5.10 Å². The summed E-state index contributed by atoms with van der Waals surface area (Å²) in [6.07, 6.45) is 4.59. The van der Waals surface area contributed by atoms with Gasteiger partial charge in [-0.1, -0.05) is 29.3 Å². The number of aromatic nitrogens is 1. The minimum absolute atomic E-state index is 0.0831. The maximum absolute atomic E-state index is 15.5. The van der Waals surface area contributed by atoms with Gasteiger partial charge in [0.2, 0.25) is 5.43 Å². The zero-order valence-corrected chi connectivity index (χ0v) is 21.9. The number of nitrogens with zero attached hydrogens (tertiary/aromatic N) is 4. The van der Waals surface area contributed by atoms with Gasteiger partial charge >= 0.3 is 0 Å². The second-order valence-corrected chi connectivity index (χ2v) is 10.1. The first-order valence-electron chi connectivity index (χ1n) is 12.0. The van der Waals surface area contributed by atoms with Gasteiger partial charge in [-0.25, -0.2) is 9.82 Å². The Morgan fingerprint density at radius 3 is 2.49 bits per heavy atom. The van der Waals surface area contributed by atoms with Gasteiger partial charge in [0, 0.05) is 44.0 Å². The van der Waals surface area contributed by atoms with Crippen LogP contribution < -0.4 is 20.5 Å². The average Bonchev–Trinajstić information content (AvgIpc) is 3.72. The highest BCUT2D eigenvalue weighted by Gasteiger charge is 2.31. The highest BCUT2D eigenvalue weighted by Crippen LogP contribution is 2.43. The molecule has 194 valence electrons. The number of ether oxygens (including phenoxy) is 1. The highest BCUT2D eigenvalue weighted by molar-refractivity contribution is 6.38. The van der Waals surface area contributed by atoms with E-state index in [-0.39, 0.29) is 17.0 Å². The Bertz CT molecular complexity index is 1440. The number of benzene rings is 2. The third kappa shape index (κ3) is 4.91. The molecule has 3 aromatic rings. The Hall–Kier alpha value is -3.14. The maximum Gasteiger partial charge on any atom is 0.276 e. The molecule has 1 aliphatic carbocycles. The molecular weight excluding hydrogens is 520 g/mol. The van der Waals surface area contributed by atoms with E-state index < -0.39 is 17.2 Å². The quantitative estimate of drug-likeness (QED) is 0.369. The van der Waals surface area contributed by atoms with Gasteiger partial charge in [0.25, 0.3) is 5.91 Å². The molecule has 0 unspecified atom stereocenters. The number of hydrogen-bond acceptors (Lipinski definition) is 6. The minimum Gasteiger partial charge on any atom is -0.492 e. The maximum atomic E-state index is 15.5. The molecular formula is C26H26Cl2FN5O3. The Labute approximate surface area is 223 Å². The fourth-order valence-corrected chi connectivity index (χ4v) is 5.11. The lowest BCUT2D eigenvalue weighted by Crippen LogP contribution is -2.45. The number of halogens is 3. The van der Waals surface area contributed by atoms with E-state index in [1.54, 1.807) is 18.2 Å². The first kappa shape index (κ1) is 25.5. The van der Waals surface area contributed by atoms with E-state index in [0.29, 0.717) is 45.7 Å². The lowest BCUT2D eigenvalue weighted by atomic mass is 10.1. The highest BCUT2D eigenvalue weighted by atomic mass is 35.5. The molecule has 2 aliphatic rings. The third-order valence-corrected chi connectivity index (χ3v) is 7.43. The van der Waals surface area contributed by atoms with Crippen LogP contribution in [0.2, 0.25) is 10.0 Å². The van der Waals surface area contributed by atoms with Gasteiger partial charge in [-0.05, 0) is 38.1 Å². The molecule has 5 rings (SSSR count). The van der Waals surface area contributed by atoms with Gasteiger partial charge in [0.1, 0.15) is 11.3 Å². The number of likely N-dealkylation sites (N-methyl/N-ethyl adjacent to an activating group) is 1. The summed E-state index contributed by atoms with van der Waals surface area (Å²) in [6, 6.07) is 6.29. The van der Waals surface area contributed by atoms with Crippen molar-refractivity contribution in [1.82, 2.24) is 14.9 Å². The van der Waals surface area contributed by atoms with Crippen LogP contribution in [0.3, 0.4) is 0 Å². The largest absolute Gasteiger partial charge is 0.492 e. The van der Waals surface area contributed by atoms with Gasteiger partial charge in [-0.15, -0.1) is 0 Å². The number of carbonyl (C=O) groups is 1. The first-order valence-corrected chi connectivity index (χ1v) is 12.7. The number of anilines is 1. The molecule has 0 radical (unpaired) electrons. The van der Waals surface area contributed by atoms with Gasteiger partial charge in [0.05, 0.1) is 34.3 Å². The number of amides is 1. The van der Waals surface area contributed by atoms with E-state index in [1.165, 1.54) is 25.6 Å². The molecule has 2 fully saturated rings. The molecule has 1 aliphatic heterocycles. The summed E-state index contributed by atoms with van der Waals surface area (Å²) in [7, 11) is 3.50. The fourth-order valence-electron chi connectivity index (χ4n) is 4.61. The van der Waals surface area contributed by atoms with Crippen LogP contribution in [0.15, 0.2) is 40.4 Å². The Balaban J connectivity index is 1.56. The lowest BCUT2D eigenvalue weighted by molar-refractivity contribution is 0.0953. The van der Waals surface area contributed by atoms with Crippen molar-refractivity contribution >= 4 is 51.9 Å². The second kappa shape index (κ2) is 10.3. The predicted octanol–water partition coefficient (Wildman–Crippen LogP) is 4.31. The van der Waals surface area contributed by atoms with Crippen molar-refractivity contribution in [3.63, 3.8) is 0 Å². The molecule has 1 saturated carbocycles. The first-order chi connectivity index (χ1) is 17.8. The van der Waals surface area contributed by atoms with Crippen molar-refractivity contribution < 1.29 is 13.9 Å². The van der Waals surface area contributed by atoms with Crippen LogP contribution in [0.5, 0.6) is 5.75 Å². The standard InChI is InChI=1S/C26H26Cl2FN5O3/c1-32-8-10-33(11-9-32)23-21(29)12-16-22(25(23)37-2)34(15-6-7-15)14-18(24(16)35)26(36)31-30-13-17-19(27)4-3-5-20(17)28/h3-5,12-15H,6-11H2,1-2H3,(H,31,36)/b30-13-. The summed E-state index contributed by atoms with van der Waals surface area (Å²) < 4.78 is 23.1.